The van der Waals surface area contributed by atoms with Crippen LogP contribution in [0.25, 0.3) is 0 Å². The largest absolute Gasteiger partial charge is 1.00 e. The first-order chi connectivity index (χ1) is 3.73. The van der Waals surface area contributed by atoms with Crippen LogP contribution >= 0.6 is 0 Å². The first-order valence-corrected chi connectivity index (χ1v) is 1.79. The van der Waals surface area contributed by atoms with Crippen molar-refractivity contribution in [1.82, 2.24) is 0 Å². The van der Waals surface area contributed by atoms with Gasteiger partial charge in [-0.15, -0.1) is 0 Å². The molecule has 0 saturated heterocycles. The molecule has 56 valence electrons. The Bertz CT molecular complexity index is 61.3. The van der Waals surface area contributed by atoms with Crippen LogP contribution in [-0.4, -0.2) is 18.6 Å². The van der Waals surface area contributed by atoms with Crippen molar-refractivity contribution in [3.63, 3.8) is 0 Å². The molecule has 0 aliphatic heterocycles. The Morgan fingerprint density at radius 2 is 1.27 bits per heavy atom. The van der Waals surface area contributed by atoms with Gasteiger partial charge in [0.25, 0.3) is 0 Å². The summed E-state index contributed by atoms with van der Waals surface area (Å²) in [5.74, 6) is 0. The predicted octanol–water partition coefficient (Wildman–Crippen LogP) is -7.74. The van der Waals surface area contributed by atoms with Crippen molar-refractivity contribution < 1.29 is 66.0 Å². The monoisotopic (exact) mass is 158 g/mol. The number of rotatable bonds is 0. The topological polar surface area (TPSA) is 66.3 Å². The van der Waals surface area contributed by atoms with E-state index in [1.807, 2.05) is 0 Å². The third-order valence-corrected chi connectivity index (χ3v) is 0. The Balaban J connectivity index is -0.0000000383. The van der Waals surface area contributed by atoms with E-state index in [4.69, 9.17) is 15.2 Å². The van der Waals surface area contributed by atoms with Gasteiger partial charge in [0, 0.05) is 6.92 Å². The minimum absolute atomic E-state index is 0. The van der Waals surface area contributed by atoms with Crippen LogP contribution in [0.15, 0.2) is 0 Å². The fraction of sp³-hybridized carbons (Fsp3) is 1.00. The molecule has 11 heavy (non-hydrogen) atoms. The van der Waals surface area contributed by atoms with Gasteiger partial charge in [-0.2, -0.15) is 8.78 Å². The molecule has 1 N–H and O–H groups in total. The van der Waals surface area contributed by atoms with Crippen LogP contribution < -0.4 is 47.8 Å². The Kier molecular flexibility index (Phi) is 22.5. The predicted molar refractivity (Wildman–Crippen MR) is 19.7 cm³/mol. The van der Waals surface area contributed by atoms with E-state index in [1.165, 1.54) is 0 Å². The molecule has 0 saturated carbocycles. The van der Waals surface area contributed by atoms with Crippen molar-refractivity contribution in [3.8, 4) is 0 Å². The van der Waals surface area contributed by atoms with Crippen LogP contribution in [0.3, 0.4) is 0 Å². The zero-order chi connectivity index (χ0) is 8.08. The van der Waals surface area contributed by atoms with Gasteiger partial charge in [0.1, 0.15) is 7.40 Å². The van der Waals surface area contributed by atoms with Crippen LogP contribution in [0.2, 0.25) is 0 Å². The molecule has 3 nitrogen and oxygen atoms in total. The van der Waals surface area contributed by atoms with Gasteiger partial charge >= 0.3 is 43.8 Å². The molecular weight excluding hydrogens is 154 g/mol. The SMILES string of the molecule is CC(O)(F)F.[Li+].[Li+].[O-]B([O-])F. The van der Waals surface area contributed by atoms with E-state index in [0.717, 1.165) is 0 Å². The van der Waals surface area contributed by atoms with Gasteiger partial charge in [-0.1, -0.05) is 0 Å². The maximum atomic E-state index is 10.6. The summed E-state index contributed by atoms with van der Waals surface area (Å²) in [6.45, 7) is 0.410. The summed E-state index contributed by atoms with van der Waals surface area (Å²) in [4.78, 5) is 0. The van der Waals surface area contributed by atoms with Gasteiger partial charge in [-0.25, -0.2) is 0 Å². The maximum absolute atomic E-state index is 10.6. The first kappa shape index (κ1) is 22.7. The smallest absolute Gasteiger partial charge is 0.867 e. The van der Waals surface area contributed by atoms with Crippen LogP contribution in [0, 0.1) is 0 Å². The summed E-state index contributed by atoms with van der Waals surface area (Å²) in [7, 11) is -3.17. The van der Waals surface area contributed by atoms with Crippen molar-refractivity contribution in [2.75, 3.05) is 0 Å². The summed E-state index contributed by atoms with van der Waals surface area (Å²) in [6.07, 6.45) is -3.50. The molecule has 0 atom stereocenters. The zero-order valence-corrected chi connectivity index (χ0v) is 6.47. The van der Waals surface area contributed by atoms with Gasteiger partial charge in [-0.05, 0) is 0 Å². The molecular formula is C2H4BF3Li2O3. The molecule has 0 unspecified atom stereocenters. The molecule has 0 aromatic rings. The van der Waals surface area contributed by atoms with E-state index in [9.17, 15) is 13.1 Å². The van der Waals surface area contributed by atoms with Gasteiger partial charge in [-0.3, -0.25) is 0 Å². The number of alkyl halides is 2. The molecule has 0 amide bonds. The quantitative estimate of drug-likeness (QED) is 0.356. The van der Waals surface area contributed by atoms with Crippen molar-refractivity contribution in [3.05, 3.63) is 0 Å². The van der Waals surface area contributed by atoms with Crippen molar-refractivity contribution in [2.45, 2.75) is 13.0 Å². The second-order valence-electron chi connectivity index (χ2n) is 1.12. The summed E-state index contributed by atoms with van der Waals surface area (Å²) < 4.78 is 31.0. The van der Waals surface area contributed by atoms with E-state index in [1.54, 1.807) is 0 Å². The number of hydrogen-bond acceptors (Lipinski definition) is 3. The average Bonchev–Trinajstić information content (AvgIpc) is 1.19. The summed E-state index contributed by atoms with van der Waals surface area (Å²) >= 11 is 0. The van der Waals surface area contributed by atoms with Gasteiger partial charge in [0.15, 0.2) is 0 Å². The zero-order valence-electron chi connectivity index (χ0n) is 6.47. The Morgan fingerprint density at radius 1 is 1.27 bits per heavy atom. The molecule has 0 aliphatic rings. The summed E-state index contributed by atoms with van der Waals surface area (Å²) in [6, 6.07) is 0. The van der Waals surface area contributed by atoms with Crippen molar-refractivity contribution in [1.29, 1.82) is 0 Å². The molecule has 0 heterocycles. The molecule has 0 rings (SSSR count). The van der Waals surface area contributed by atoms with E-state index in [-0.39, 0.29) is 37.7 Å². The first-order valence-electron chi connectivity index (χ1n) is 1.79. The Morgan fingerprint density at radius 3 is 1.27 bits per heavy atom. The van der Waals surface area contributed by atoms with Crippen LogP contribution in [0.1, 0.15) is 6.92 Å². The Hall–Kier alpha value is 0.930. The molecule has 0 spiro atoms. The molecule has 0 fully saturated rings. The number of halogens is 3. The van der Waals surface area contributed by atoms with Crippen LogP contribution in [-0.2, 0) is 0 Å². The van der Waals surface area contributed by atoms with Gasteiger partial charge in [0.05, 0.1) is 0 Å². The minimum atomic E-state index is -3.50. The average molecular weight is 158 g/mol. The third kappa shape index (κ3) is 1010. The van der Waals surface area contributed by atoms with E-state index >= 15 is 0 Å². The second kappa shape index (κ2) is 10.9. The van der Waals surface area contributed by atoms with Crippen LogP contribution in [0.5, 0.6) is 0 Å². The second-order valence-corrected chi connectivity index (χ2v) is 1.12. The van der Waals surface area contributed by atoms with Gasteiger partial charge in [0.2, 0.25) is 0 Å². The summed E-state index contributed by atoms with van der Waals surface area (Å²) in [5, 5.41) is 23.8. The standard InChI is InChI=1S/C2H4F2O.BFO2.2Li/c1-2(3,4)5;2-1(3)4;;/h5H,1H3;;;/q;-2;2*+1. The number of aliphatic hydroxyl groups is 1. The molecule has 0 bridgehead atoms. The normalized spacial score (nSPS) is 7.91. The maximum Gasteiger partial charge on any atom is 1.00 e. The Labute approximate surface area is 86.5 Å². The fourth-order valence-electron chi connectivity index (χ4n) is 0. The van der Waals surface area contributed by atoms with E-state index in [0.29, 0.717) is 6.92 Å². The van der Waals surface area contributed by atoms with Gasteiger partial charge < -0.3 is 19.5 Å². The van der Waals surface area contributed by atoms with Crippen molar-refractivity contribution in [2.24, 2.45) is 0 Å². The molecule has 0 aromatic heterocycles. The van der Waals surface area contributed by atoms with E-state index < -0.39 is 13.5 Å². The minimum Gasteiger partial charge on any atom is -0.867 e. The molecule has 9 heteroatoms. The summed E-state index contributed by atoms with van der Waals surface area (Å²) in [5.41, 5.74) is 0. The van der Waals surface area contributed by atoms with E-state index in [2.05, 4.69) is 0 Å². The fourth-order valence-corrected chi connectivity index (χ4v) is 0. The molecule has 0 aliphatic carbocycles. The number of hydrogen-bond donors (Lipinski definition) is 1. The molecule has 0 aromatic carbocycles. The third-order valence-electron chi connectivity index (χ3n) is 0. The molecule has 0 radical (unpaired) electrons. The van der Waals surface area contributed by atoms with Crippen molar-refractivity contribution >= 4 is 7.40 Å². The van der Waals surface area contributed by atoms with Crippen LogP contribution in [0.4, 0.5) is 13.1 Å².